The van der Waals surface area contributed by atoms with Crippen molar-refractivity contribution in [3.8, 4) is 0 Å². The molecular formula is C14H17F2N3O. The first-order chi connectivity index (χ1) is 9.43. The maximum Gasteiger partial charge on any atom is 0.247 e. The molecule has 2 aliphatic rings. The third-order valence-corrected chi connectivity index (χ3v) is 4.46. The van der Waals surface area contributed by atoms with E-state index in [0.29, 0.717) is 25.1 Å². The highest BCUT2D eigenvalue weighted by Crippen LogP contribution is 2.44. The van der Waals surface area contributed by atoms with Crippen molar-refractivity contribution in [2.75, 3.05) is 13.1 Å². The van der Waals surface area contributed by atoms with E-state index in [1.165, 1.54) is 13.0 Å². The minimum Gasteiger partial charge on any atom is -0.273 e. The lowest BCUT2D eigenvalue weighted by molar-refractivity contribution is -0.144. The van der Waals surface area contributed by atoms with Gasteiger partial charge in [-0.3, -0.25) is 14.8 Å². The van der Waals surface area contributed by atoms with Crippen LogP contribution in [0.2, 0.25) is 0 Å². The number of carbonyl (C=O) groups is 1. The van der Waals surface area contributed by atoms with Gasteiger partial charge in [-0.1, -0.05) is 0 Å². The monoisotopic (exact) mass is 281 g/mol. The summed E-state index contributed by atoms with van der Waals surface area (Å²) in [6, 6.07) is 1.15. The number of pyridine rings is 1. The van der Waals surface area contributed by atoms with Crippen LogP contribution in [0, 0.1) is 11.2 Å². The Labute approximate surface area is 116 Å². The van der Waals surface area contributed by atoms with Crippen molar-refractivity contribution >= 4 is 5.91 Å². The number of hydrogen-bond acceptors (Lipinski definition) is 3. The number of halogens is 2. The molecule has 2 unspecified atom stereocenters. The molecule has 0 bridgehead atoms. The standard InChI is InChI=1S/C14H17F2N3O/c1-9(15)14(2)8-18-4-3-12(19(18)13(14)20)10-5-11(16)7-17-6-10/h5-7,9,12H,3-4,8H2,1-2H3/t9?,12-,14?/m1/s1. The van der Waals surface area contributed by atoms with Gasteiger partial charge < -0.3 is 0 Å². The molecule has 0 aliphatic carbocycles. The van der Waals surface area contributed by atoms with E-state index in [1.54, 1.807) is 18.1 Å². The van der Waals surface area contributed by atoms with Crippen molar-refractivity contribution in [3.05, 3.63) is 29.8 Å². The molecule has 2 fully saturated rings. The minimum atomic E-state index is -1.22. The molecule has 1 amide bonds. The number of alkyl halides is 1. The summed E-state index contributed by atoms with van der Waals surface area (Å²) in [5.41, 5.74) is -0.351. The SMILES string of the molecule is CC(F)C1(C)CN2CC[C@H](c3cncc(F)c3)N2C1=O. The first kappa shape index (κ1) is 13.4. The molecule has 20 heavy (non-hydrogen) atoms. The van der Waals surface area contributed by atoms with Crippen LogP contribution < -0.4 is 0 Å². The first-order valence-corrected chi connectivity index (χ1v) is 6.76. The summed E-state index contributed by atoms with van der Waals surface area (Å²) < 4.78 is 27.1. The molecule has 6 heteroatoms. The van der Waals surface area contributed by atoms with Crippen LogP contribution in [0.15, 0.2) is 18.5 Å². The molecule has 4 nitrogen and oxygen atoms in total. The molecule has 3 rings (SSSR count). The lowest BCUT2D eigenvalue weighted by Gasteiger charge is -2.27. The van der Waals surface area contributed by atoms with Crippen molar-refractivity contribution in [2.24, 2.45) is 5.41 Å². The fourth-order valence-corrected chi connectivity index (χ4v) is 3.05. The van der Waals surface area contributed by atoms with E-state index in [4.69, 9.17) is 0 Å². The average molecular weight is 281 g/mol. The molecule has 3 heterocycles. The van der Waals surface area contributed by atoms with Crippen LogP contribution in [0.3, 0.4) is 0 Å². The van der Waals surface area contributed by atoms with Crippen molar-refractivity contribution in [2.45, 2.75) is 32.5 Å². The Morgan fingerprint density at radius 1 is 1.50 bits per heavy atom. The maximum atomic E-state index is 13.8. The largest absolute Gasteiger partial charge is 0.273 e. The van der Waals surface area contributed by atoms with Gasteiger partial charge in [-0.2, -0.15) is 0 Å². The second kappa shape index (κ2) is 4.48. The van der Waals surface area contributed by atoms with Crippen LogP contribution in [-0.2, 0) is 4.79 Å². The zero-order chi connectivity index (χ0) is 14.5. The van der Waals surface area contributed by atoms with Crippen molar-refractivity contribution in [1.29, 1.82) is 0 Å². The van der Waals surface area contributed by atoms with Crippen LogP contribution in [0.4, 0.5) is 8.78 Å². The van der Waals surface area contributed by atoms with Crippen LogP contribution >= 0.6 is 0 Å². The summed E-state index contributed by atoms with van der Waals surface area (Å²) in [5, 5.41) is 3.46. The zero-order valence-electron chi connectivity index (χ0n) is 11.5. The topological polar surface area (TPSA) is 36.4 Å². The highest BCUT2D eigenvalue weighted by Gasteiger charge is 2.55. The highest BCUT2D eigenvalue weighted by molar-refractivity contribution is 5.85. The molecule has 2 aliphatic heterocycles. The number of rotatable bonds is 2. The Morgan fingerprint density at radius 2 is 2.25 bits per heavy atom. The molecule has 0 N–H and O–H groups in total. The van der Waals surface area contributed by atoms with Gasteiger partial charge in [-0.05, 0) is 31.9 Å². The molecule has 108 valence electrons. The number of hydrogen-bond donors (Lipinski definition) is 0. The molecule has 2 saturated heterocycles. The summed E-state index contributed by atoms with van der Waals surface area (Å²) in [7, 11) is 0. The molecule has 0 radical (unpaired) electrons. The van der Waals surface area contributed by atoms with Gasteiger partial charge in [0.25, 0.3) is 0 Å². The van der Waals surface area contributed by atoms with E-state index in [1.807, 2.05) is 5.01 Å². The van der Waals surface area contributed by atoms with E-state index in [9.17, 15) is 13.6 Å². The predicted molar refractivity (Wildman–Crippen MR) is 68.6 cm³/mol. The third kappa shape index (κ3) is 1.82. The van der Waals surface area contributed by atoms with Gasteiger partial charge in [-0.25, -0.2) is 13.8 Å². The lowest BCUT2D eigenvalue weighted by atomic mass is 9.85. The number of aromatic nitrogens is 1. The molecule has 1 aromatic heterocycles. The summed E-state index contributed by atoms with van der Waals surface area (Å²) in [5.74, 6) is -0.645. The van der Waals surface area contributed by atoms with Crippen molar-refractivity contribution in [3.63, 3.8) is 0 Å². The predicted octanol–water partition coefficient (Wildman–Crippen LogP) is 2.09. The smallest absolute Gasteiger partial charge is 0.247 e. The molecule has 1 aromatic rings. The Bertz CT molecular complexity index is 551. The second-order valence-corrected chi connectivity index (χ2v) is 5.81. The van der Waals surface area contributed by atoms with Crippen molar-refractivity contribution in [1.82, 2.24) is 15.0 Å². The van der Waals surface area contributed by atoms with E-state index in [2.05, 4.69) is 4.98 Å². The molecule has 3 atom stereocenters. The van der Waals surface area contributed by atoms with Gasteiger partial charge in [0.2, 0.25) is 5.91 Å². The Kier molecular flexibility index (Phi) is 3.01. The van der Waals surface area contributed by atoms with Gasteiger partial charge in [0.15, 0.2) is 0 Å². The number of hydrazine groups is 1. The Hall–Kier alpha value is -1.56. The van der Waals surface area contributed by atoms with Gasteiger partial charge in [-0.15, -0.1) is 0 Å². The maximum absolute atomic E-state index is 13.8. The lowest BCUT2D eigenvalue weighted by Crippen LogP contribution is -2.40. The van der Waals surface area contributed by atoms with E-state index < -0.39 is 17.4 Å². The fraction of sp³-hybridized carbons (Fsp3) is 0.571. The quantitative estimate of drug-likeness (QED) is 0.833. The Balaban J connectivity index is 1.93. The van der Waals surface area contributed by atoms with Crippen LogP contribution in [0.1, 0.15) is 31.9 Å². The van der Waals surface area contributed by atoms with Crippen LogP contribution in [-0.4, -0.2) is 40.2 Å². The van der Waals surface area contributed by atoms with E-state index >= 15 is 0 Å². The summed E-state index contributed by atoms with van der Waals surface area (Å²) >= 11 is 0. The first-order valence-electron chi connectivity index (χ1n) is 6.76. The van der Waals surface area contributed by atoms with Crippen LogP contribution in [0.25, 0.3) is 0 Å². The second-order valence-electron chi connectivity index (χ2n) is 5.81. The highest BCUT2D eigenvalue weighted by atomic mass is 19.1. The van der Waals surface area contributed by atoms with E-state index in [-0.39, 0.29) is 11.9 Å². The van der Waals surface area contributed by atoms with Crippen molar-refractivity contribution < 1.29 is 13.6 Å². The molecule has 0 saturated carbocycles. The fourth-order valence-electron chi connectivity index (χ4n) is 3.05. The third-order valence-electron chi connectivity index (χ3n) is 4.46. The number of amides is 1. The minimum absolute atomic E-state index is 0.223. The Morgan fingerprint density at radius 3 is 2.90 bits per heavy atom. The molecule has 0 spiro atoms. The molecular weight excluding hydrogens is 264 g/mol. The normalized spacial score (nSPS) is 31.7. The number of carbonyl (C=O) groups excluding carboxylic acids is 1. The van der Waals surface area contributed by atoms with E-state index in [0.717, 1.165) is 6.20 Å². The summed E-state index contributed by atoms with van der Waals surface area (Å²) in [6.07, 6.45) is 2.20. The summed E-state index contributed by atoms with van der Waals surface area (Å²) in [4.78, 5) is 16.4. The zero-order valence-corrected chi connectivity index (χ0v) is 11.5. The van der Waals surface area contributed by atoms with Gasteiger partial charge >= 0.3 is 0 Å². The van der Waals surface area contributed by atoms with Gasteiger partial charge in [0.1, 0.15) is 12.0 Å². The van der Waals surface area contributed by atoms with Gasteiger partial charge in [0, 0.05) is 19.3 Å². The van der Waals surface area contributed by atoms with Crippen LogP contribution in [0.5, 0.6) is 0 Å². The average Bonchev–Trinajstić information content (AvgIpc) is 2.90. The number of nitrogens with zero attached hydrogens (tertiary/aromatic N) is 3. The summed E-state index contributed by atoms with van der Waals surface area (Å²) in [6.45, 7) is 4.12. The molecule has 0 aromatic carbocycles. The number of fused-ring (bicyclic) bond motifs is 1. The van der Waals surface area contributed by atoms with Gasteiger partial charge in [0.05, 0.1) is 17.7 Å².